The molecule has 1 aliphatic rings. The molecule has 86 valence electrons. The molecular weight excluding hydrogens is 268 g/mol. The molecule has 0 aromatic heterocycles. The van der Waals surface area contributed by atoms with E-state index in [1.807, 2.05) is 0 Å². The Hall–Kier alpha value is -0.830. The van der Waals surface area contributed by atoms with Crippen LogP contribution in [0.1, 0.15) is 30.0 Å². The summed E-state index contributed by atoms with van der Waals surface area (Å²) < 4.78 is 1.07. The Labute approximate surface area is 104 Å². The highest BCUT2D eigenvalue weighted by Crippen LogP contribution is 2.30. The fourth-order valence-corrected chi connectivity index (χ4v) is 2.91. The first kappa shape index (κ1) is 11.6. The molecule has 0 saturated heterocycles. The van der Waals surface area contributed by atoms with Crippen LogP contribution < -0.4 is 0 Å². The van der Waals surface area contributed by atoms with Crippen LogP contribution >= 0.6 is 15.9 Å². The number of benzene rings is 1. The fraction of sp³-hybridized carbons (Fsp3) is 0.462. The third-order valence-corrected chi connectivity index (χ3v) is 3.68. The minimum atomic E-state index is -0.716. The minimum Gasteiger partial charge on any atom is -0.481 e. The molecule has 0 aliphatic heterocycles. The van der Waals surface area contributed by atoms with Gasteiger partial charge in [-0.15, -0.1) is 0 Å². The van der Waals surface area contributed by atoms with Gasteiger partial charge < -0.3 is 5.11 Å². The lowest BCUT2D eigenvalue weighted by Gasteiger charge is -2.12. The molecule has 16 heavy (non-hydrogen) atoms. The van der Waals surface area contributed by atoms with E-state index in [1.54, 1.807) is 6.92 Å². The van der Waals surface area contributed by atoms with Gasteiger partial charge in [0.2, 0.25) is 0 Å². The van der Waals surface area contributed by atoms with Crippen molar-refractivity contribution < 1.29 is 9.90 Å². The number of aryl methyl sites for hydroxylation is 1. The fourth-order valence-electron chi connectivity index (χ4n) is 2.35. The van der Waals surface area contributed by atoms with E-state index in [2.05, 4.69) is 28.1 Å². The molecule has 1 unspecified atom stereocenters. The monoisotopic (exact) mass is 282 g/mol. The number of aliphatic carboxylic acids is 1. The maximum absolute atomic E-state index is 10.9. The summed E-state index contributed by atoms with van der Waals surface area (Å²) in [5.41, 5.74) is 3.98. The average Bonchev–Trinajstić information content (AvgIpc) is 2.65. The molecule has 1 aliphatic carbocycles. The molecule has 1 aromatic rings. The summed E-state index contributed by atoms with van der Waals surface area (Å²) in [5.74, 6) is -1.02. The minimum absolute atomic E-state index is 0.306. The zero-order chi connectivity index (χ0) is 11.7. The molecule has 0 bridgehead atoms. The van der Waals surface area contributed by atoms with Crippen molar-refractivity contribution in [1.29, 1.82) is 0 Å². The second-order valence-electron chi connectivity index (χ2n) is 4.50. The summed E-state index contributed by atoms with van der Waals surface area (Å²) in [6, 6.07) is 4.24. The van der Waals surface area contributed by atoms with Crippen LogP contribution in [0.15, 0.2) is 16.6 Å². The number of rotatable bonds is 3. The average molecular weight is 283 g/mol. The van der Waals surface area contributed by atoms with Crippen LogP contribution in [0.2, 0.25) is 0 Å². The highest BCUT2D eigenvalue weighted by Gasteiger charge is 2.19. The van der Waals surface area contributed by atoms with Crippen molar-refractivity contribution in [3.05, 3.63) is 33.3 Å². The van der Waals surface area contributed by atoms with Gasteiger partial charge in [0.25, 0.3) is 0 Å². The second kappa shape index (κ2) is 4.58. The van der Waals surface area contributed by atoms with Gasteiger partial charge in [0, 0.05) is 4.47 Å². The van der Waals surface area contributed by atoms with Crippen molar-refractivity contribution in [1.82, 2.24) is 0 Å². The van der Waals surface area contributed by atoms with Gasteiger partial charge in [-0.25, -0.2) is 0 Å². The van der Waals surface area contributed by atoms with Crippen LogP contribution in [-0.2, 0) is 24.1 Å². The number of carboxylic acid groups (broad SMARTS) is 1. The predicted octanol–water partition coefficient (Wildman–Crippen LogP) is 3.20. The van der Waals surface area contributed by atoms with Gasteiger partial charge in [-0.1, -0.05) is 22.9 Å². The molecule has 0 spiro atoms. The van der Waals surface area contributed by atoms with E-state index >= 15 is 0 Å². The van der Waals surface area contributed by atoms with Gasteiger partial charge in [0.05, 0.1) is 5.92 Å². The highest BCUT2D eigenvalue weighted by molar-refractivity contribution is 9.10. The normalized spacial score (nSPS) is 15.9. The van der Waals surface area contributed by atoms with Crippen LogP contribution in [0.5, 0.6) is 0 Å². The first-order chi connectivity index (χ1) is 7.58. The van der Waals surface area contributed by atoms with E-state index in [9.17, 15) is 4.79 Å². The van der Waals surface area contributed by atoms with Gasteiger partial charge >= 0.3 is 5.97 Å². The van der Waals surface area contributed by atoms with Crippen molar-refractivity contribution in [3.8, 4) is 0 Å². The van der Waals surface area contributed by atoms with Gasteiger partial charge in [-0.3, -0.25) is 4.79 Å². The summed E-state index contributed by atoms with van der Waals surface area (Å²) in [5, 5.41) is 8.95. The van der Waals surface area contributed by atoms with Gasteiger partial charge in [-0.05, 0) is 54.5 Å². The molecule has 0 saturated carbocycles. The van der Waals surface area contributed by atoms with E-state index in [0.717, 1.165) is 17.3 Å². The number of halogens is 1. The maximum atomic E-state index is 10.9. The largest absolute Gasteiger partial charge is 0.481 e. The molecular formula is C13H15BrO2. The van der Waals surface area contributed by atoms with Gasteiger partial charge in [-0.2, -0.15) is 0 Å². The molecule has 0 fully saturated rings. The maximum Gasteiger partial charge on any atom is 0.306 e. The van der Waals surface area contributed by atoms with E-state index in [-0.39, 0.29) is 5.92 Å². The SMILES string of the molecule is CC(Cc1cc(Br)cc2c1CCC2)C(=O)O. The smallest absolute Gasteiger partial charge is 0.306 e. The molecule has 0 amide bonds. The molecule has 2 rings (SSSR count). The number of fused-ring (bicyclic) bond motifs is 1. The topological polar surface area (TPSA) is 37.3 Å². The van der Waals surface area contributed by atoms with Crippen LogP contribution in [0.25, 0.3) is 0 Å². The van der Waals surface area contributed by atoms with Crippen LogP contribution in [0.3, 0.4) is 0 Å². The zero-order valence-electron chi connectivity index (χ0n) is 9.29. The second-order valence-corrected chi connectivity index (χ2v) is 5.42. The quantitative estimate of drug-likeness (QED) is 0.925. The van der Waals surface area contributed by atoms with Crippen molar-refractivity contribution in [2.45, 2.75) is 32.6 Å². The Balaban J connectivity index is 2.30. The summed E-state index contributed by atoms with van der Waals surface area (Å²) >= 11 is 3.50. The van der Waals surface area contributed by atoms with Crippen molar-refractivity contribution in [2.75, 3.05) is 0 Å². The van der Waals surface area contributed by atoms with E-state index < -0.39 is 5.97 Å². The summed E-state index contributed by atoms with van der Waals surface area (Å²) in [4.78, 5) is 10.9. The van der Waals surface area contributed by atoms with Crippen LogP contribution in [0.4, 0.5) is 0 Å². The molecule has 2 nitrogen and oxygen atoms in total. The van der Waals surface area contributed by atoms with Crippen molar-refractivity contribution >= 4 is 21.9 Å². The Bertz CT molecular complexity index is 426. The van der Waals surface area contributed by atoms with E-state index in [4.69, 9.17) is 5.11 Å². The number of carbonyl (C=O) groups is 1. The summed E-state index contributed by atoms with van der Waals surface area (Å²) in [7, 11) is 0. The summed E-state index contributed by atoms with van der Waals surface area (Å²) in [6.45, 7) is 1.77. The predicted molar refractivity (Wildman–Crippen MR) is 66.7 cm³/mol. The third kappa shape index (κ3) is 2.29. The lowest BCUT2D eigenvalue weighted by molar-refractivity contribution is -0.141. The zero-order valence-corrected chi connectivity index (χ0v) is 10.9. The standard InChI is InChI=1S/C13H15BrO2/c1-8(13(15)16)5-10-7-11(14)6-9-3-2-4-12(9)10/h6-8H,2-5H2,1H3,(H,15,16). The van der Waals surface area contributed by atoms with Crippen molar-refractivity contribution in [3.63, 3.8) is 0 Å². The van der Waals surface area contributed by atoms with E-state index in [1.165, 1.54) is 23.1 Å². The third-order valence-electron chi connectivity index (χ3n) is 3.22. The Morgan fingerprint density at radius 2 is 2.25 bits per heavy atom. The number of carboxylic acids is 1. The Morgan fingerprint density at radius 3 is 2.94 bits per heavy atom. The molecule has 3 heteroatoms. The molecule has 1 N–H and O–H groups in total. The first-order valence-corrected chi connectivity index (χ1v) is 6.40. The summed E-state index contributed by atoms with van der Waals surface area (Å²) in [6.07, 6.45) is 4.06. The lowest BCUT2D eigenvalue weighted by atomic mass is 9.95. The van der Waals surface area contributed by atoms with Crippen molar-refractivity contribution in [2.24, 2.45) is 5.92 Å². The number of hydrogen-bond acceptors (Lipinski definition) is 1. The van der Waals surface area contributed by atoms with E-state index in [0.29, 0.717) is 6.42 Å². The Morgan fingerprint density at radius 1 is 1.50 bits per heavy atom. The van der Waals surface area contributed by atoms with Gasteiger partial charge in [0.1, 0.15) is 0 Å². The Kier molecular flexibility index (Phi) is 3.33. The first-order valence-electron chi connectivity index (χ1n) is 5.61. The van der Waals surface area contributed by atoms with Crippen LogP contribution in [0, 0.1) is 5.92 Å². The number of hydrogen-bond donors (Lipinski definition) is 1. The molecule has 0 radical (unpaired) electrons. The molecule has 1 aromatic carbocycles. The lowest BCUT2D eigenvalue weighted by Crippen LogP contribution is -2.13. The molecule has 1 atom stereocenters. The molecule has 0 heterocycles. The van der Waals surface area contributed by atoms with Gasteiger partial charge in [0.15, 0.2) is 0 Å². The van der Waals surface area contributed by atoms with Crippen LogP contribution in [-0.4, -0.2) is 11.1 Å². The highest BCUT2D eigenvalue weighted by atomic mass is 79.9.